The Morgan fingerprint density at radius 2 is 2.21 bits per heavy atom. The average molecular weight is 268 g/mol. The first-order chi connectivity index (χ1) is 9.06. The van der Waals surface area contributed by atoms with Gasteiger partial charge in [0.05, 0.1) is 18.6 Å². The van der Waals surface area contributed by atoms with Crippen LogP contribution in [0.25, 0.3) is 0 Å². The number of nitrogens with zero attached hydrogens (tertiary/aromatic N) is 1. The van der Waals surface area contributed by atoms with E-state index >= 15 is 0 Å². The standard InChI is InChI=1S/C14H24N2O3/c1-10(2)19-13(17)8-12-14(18)16(7-6-15-12)9-11-4-3-5-11/h10-12,15H,3-9H2,1-2H3. The van der Waals surface area contributed by atoms with E-state index in [-0.39, 0.29) is 24.4 Å². The second-order valence-corrected chi connectivity index (χ2v) is 5.83. The van der Waals surface area contributed by atoms with Crippen molar-refractivity contribution in [1.29, 1.82) is 0 Å². The maximum absolute atomic E-state index is 12.3. The van der Waals surface area contributed by atoms with Crippen LogP contribution < -0.4 is 5.32 Å². The second kappa shape index (κ2) is 6.37. The van der Waals surface area contributed by atoms with Crippen LogP contribution in [0.3, 0.4) is 0 Å². The Labute approximate surface area is 114 Å². The molecule has 1 aliphatic heterocycles. The van der Waals surface area contributed by atoms with Gasteiger partial charge in [-0.3, -0.25) is 9.59 Å². The van der Waals surface area contributed by atoms with Gasteiger partial charge in [0.1, 0.15) is 0 Å². The van der Waals surface area contributed by atoms with E-state index in [9.17, 15) is 9.59 Å². The molecule has 5 heteroatoms. The van der Waals surface area contributed by atoms with Gasteiger partial charge in [0.2, 0.25) is 5.91 Å². The van der Waals surface area contributed by atoms with Crippen molar-refractivity contribution in [1.82, 2.24) is 10.2 Å². The fourth-order valence-electron chi connectivity index (χ4n) is 2.60. The molecule has 0 aromatic rings. The van der Waals surface area contributed by atoms with Gasteiger partial charge in [-0.1, -0.05) is 6.42 Å². The number of hydrogen-bond acceptors (Lipinski definition) is 4. The molecular weight excluding hydrogens is 244 g/mol. The lowest BCUT2D eigenvalue weighted by Gasteiger charge is -2.37. The molecule has 0 bridgehead atoms. The summed E-state index contributed by atoms with van der Waals surface area (Å²) in [5.74, 6) is 0.426. The number of amides is 1. The molecule has 19 heavy (non-hydrogen) atoms. The Morgan fingerprint density at radius 3 is 2.79 bits per heavy atom. The number of piperazine rings is 1. The van der Waals surface area contributed by atoms with E-state index in [1.807, 2.05) is 18.7 Å². The monoisotopic (exact) mass is 268 g/mol. The van der Waals surface area contributed by atoms with Gasteiger partial charge in [-0.15, -0.1) is 0 Å². The van der Waals surface area contributed by atoms with E-state index in [0.29, 0.717) is 5.92 Å². The zero-order valence-corrected chi connectivity index (χ0v) is 11.9. The lowest BCUT2D eigenvalue weighted by atomic mass is 9.85. The van der Waals surface area contributed by atoms with E-state index in [4.69, 9.17) is 4.74 Å². The third-order valence-electron chi connectivity index (χ3n) is 3.82. The lowest BCUT2D eigenvalue weighted by Crippen LogP contribution is -2.57. The number of carbonyl (C=O) groups excluding carboxylic acids is 2. The SMILES string of the molecule is CC(C)OC(=O)CC1NCCN(CC2CCC2)C1=O. The maximum Gasteiger partial charge on any atom is 0.308 e. The van der Waals surface area contributed by atoms with Crippen LogP contribution in [0.2, 0.25) is 0 Å². The van der Waals surface area contributed by atoms with Gasteiger partial charge in [0.15, 0.2) is 0 Å². The molecule has 1 atom stereocenters. The first-order valence-corrected chi connectivity index (χ1v) is 7.28. The molecule has 1 saturated heterocycles. The van der Waals surface area contributed by atoms with Crippen molar-refractivity contribution in [3.63, 3.8) is 0 Å². The van der Waals surface area contributed by atoms with Crippen molar-refractivity contribution in [2.75, 3.05) is 19.6 Å². The molecule has 1 amide bonds. The zero-order valence-electron chi connectivity index (χ0n) is 11.9. The molecule has 2 rings (SSSR count). The molecule has 0 aromatic heterocycles. The van der Waals surface area contributed by atoms with Gasteiger partial charge < -0.3 is 15.0 Å². The van der Waals surface area contributed by atoms with Crippen molar-refractivity contribution in [3.05, 3.63) is 0 Å². The molecule has 2 fully saturated rings. The minimum Gasteiger partial charge on any atom is -0.463 e. The summed E-state index contributed by atoms with van der Waals surface area (Å²) >= 11 is 0. The fraction of sp³-hybridized carbons (Fsp3) is 0.857. The van der Waals surface area contributed by atoms with Crippen molar-refractivity contribution < 1.29 is 14.3 Å². The molecular formula is C14H24N2O3. The molecule has 1 N–H and O–H groups in total. The highest BCUT2D eigenvalue weighted by molar-refractivity contribution is 5.87. The van der Waals surface area contributed by atoms with Crippen LogP contribution in [0.5, 0.6) is 0 Å². The smallest absolute Gasteiger partial charge is 0.308 e. The summed E-state index contributed by atoms with van der Waals surface area (Å²) in [6.45, 7) is 6.01. The predicted octanol–water partition coefficient (Wildman–Crippen LogP) is 0.929. The third kappa shape index (κ3) is 3.93. The van der Waals surface area contributed by atoms with Gasteiger partial charge in [-0.2, -0.15) is 0 Å². The normalized spacial score (nSPS) is 24.5. The van der Waals surface area contributed by atoms with Crippen LogP contribution in [-0.4, -0.2) is 48.6 Å². The molecule has 108 valence electrons. The molecule has 1 heterocycles. The number of rotatable bonds is 5. The molecule has 1 saturated carbocycles. The summed E-state index contributed by atoms with van der Waals surface area (Å²) in [6.07, 6.45) is 3.76. The summed E-state index contributed by atoms with van der Waals surface area (Å²) in [7, 11) is 0. The van der Waals surface area contributed by atoms with Crippen molar-refractivity contribution in [2.24, 2.45) is 5.92 Å². The molecule has 0 spiro atoms. The van der Waals surface area contributed by atoms with Gasteiger partial charge in [0, 0.05) is 19.6 Å². The largest absolute Gasteiger partial charge is 0.463 e. The Morgan fingerprint density at radius 1 is 1.47 bits per heavy atom. The Bertz CT molecular complexity index is 340. The predicted molar refractivity (Wildman–Crippen MR) is 71.6 cm³/mol. The highest BCUT2D eigenvalue weighted by Crippen LogP contribution is 2.27. The quantitative estimate of drug-likeness (QED) is 0.754. The van der Waals surface area contributed by atoms with Crippen molar-refractivity contribution in [2.45, 2.75) is 51.7 Å². The van der Waals surface area contributed by atoms with Crippen LogP contribution in [0.1, 0.15) is 39.5 Å². The minimum absolute atomic E-state index is 0.0545. The van der Waals surface area contributed by atoms with Crippen LogP contribution in [0.4, 0.5) is 0 Å². The van der Waals surface area contributed by atoms with E-state index in [1.54, 1.807) is 0 Å². The average Bonchev–Trinajstić information content (AvgIpc) is 2.26. The molecule has 5 nitrogen and oxygen atoms in total. The lowest BCUT2D eigenvalue weighted by molar-refractivity contribution is -0.151. The van der Waals surface area contributed by atoms with Crippen LogP contribution >= 0.6 is 0 Å². The first-order valence-electron chi connectivity index (χ1n) is 7.28. The van der Waals surface area contributed by atoms with Crippen LogP contribution in [0.15, 0.2) is 0 Å². The zero-order chi connectivity index (χ0) is 13.8. The summed E-state index contributed by atoms with van der Waals surface area (Å²) in [5, 5.41) is 3.12. The highest BCUT2D eigenvalue weighted by atomic mass is 16.5. The van der Waals surface area contributed by atoms with E-state index < -0.39 is 6.04 Å². The van der Waals surface area contributed by atoms with Crippen LogP contribution in [0, 0.1) is 5.92 Å². The van der Waals surface area contributed by atoms with Gasteiger partial charge in [-0.05, 0) is 32.6 Å². The summed E-state index contributed by atoms with van der Waals surface area (Å²) in [4.78, 5) is 25.8. The van der Waals surface area contributed by atoms with Gasteiger partial charge in [-0.25, -0.2) is 0 Å². The van der Waals surface area contributed by atoms with E-state index in [1.165, 1.54) is 19.3 Å². The fourth-order valence-corrected chi connectivity index (χ4v) is 2.60. The second-order valence-electron chi connectivity index (χ2n) is 5.83. The van der Waals surface area contributed by atoms with Crippen molar-refractivity contribution >= 4 is 11.9 Å². The first kappa shape index (κ1) is 14.3. The number of nitrogens with one attached hydrogen (secondary N) is 1. The summed E-state index contributed by atoms with van der Waals surface area (Å²) in [5.41, 5.74) is 0. The van der Waals surface area contributed by atoms with E-state index in [2.05, 4.69) is 5.32 Å². The van der Waals surface area contributed by atoms with Crippen molar-refractivity contribution in [3.8, 4) is 0 Å². The molecule has 2 aliphatic rings. The maximum atomic E-state index is 12.3. The highest BCUT2D eigenvalue weighted by Gasteiger charge is 2.32. The Hall–Kier alpha value is -1.10. The topological polar surface area (TPSA) is 58.6 Å². The van der Waals surface area contributed by atoms with E-state index in [0.717, 1.165) is 19.6 Å². The van der Waals surface area contributed by atoms with Gasteiger partial charge in [0.25, 0.3) is 0 Å². The Kier molecular flexibility index (Phi) is 4.80. The third-order valence-corrected chi connectivity index (χ3v) is 3.82. The molecule has 0 aromatic carbocycles. The Balaban J connectivity index is 1.82. The summed E-state index contributed by atoms with van der Waals surface area (Å²) in [6, 6.07) is -0.403. The molecule has 1 unspecified atom stereocenters. The molecule has 1 aliphatic carbocycles. The minimum atomic E-state index is -0.403. The number of esters is 1. The molecule has 0 radical (unpaired) electrons. The van der Waals surface area contributed by atoms with Gasteiger partial charge >= 0.3 is 5.97 Å². The van der Waals surface area contributed by atoms with Crippen LogP contribution in [-0.2, 0) is 14.3 Å². The summed E-state index contributed by atoms with van der Waals surface area (Å²) < 4.78 is 5.10. The number of hydrogen-bond donors (Lipinski definition) is 1. The number of carbonyl (C=O) groups is 2. The number of ether oxygens (including phenoxy) is 1.